The van der Waals surface area contributed by atoms with Gasteiger partial charge in [-0.25, -0.2) is 0 Å². The third kappa shape index (κ3) is 4.90. The van der Waals surface area contributed by atoms with Crippen molar-refractivity contribution in [3.8, 4) is 0 Å². The Balaban J connectivity index is 2.69. The average Bonchev–Trinajstić information content (AvgIpc) is 2.46. The SMILES string of the molecule is CCC(CC)NC(=O)C(C)NC(=O)c1cccc(Cl)c1Cl. The van der Waals surface area contributed by atoms with Crippen LogP contribution in [0.25, 0.3) is 0 Å². The fourth-order valence-corrected chi connectivity index (χ4v) is 2.22. The summed E-state index contributed by atoms with van der Waals surface area (Å²) < 4.78 is 0. The molecule has 2 N–H and O–H groups in total. The lowest BCUT2D eigenvalue weighted by Gasteiger charge is -2.19. The van der Waals surface area contributed by atoms with Crippen LogP contribution in [-0.2, 0) is 4.79 Å². The Morgan fingerprint density at radius 3 is 2.33 bits per heavy atom. The topological polar surface area (TPSA) is 58.2 Å². The van der Waals surface area contributed by atoms with E-state index in [1.54, 1.807) is 25.1 Å². The van der Waals surface area contributed by atoms with Gasteiger partial charge in [0, 0.05) is 6.04 Å². The number of carbonyl (C=O) groups excluding carboxylic acids is 2. The van der Waals surface area contributed by atoms with E-state index in [-0.39, 0.29) is 22.5 Å². The fourth-order valence-electron chi connectivity index (χ4n) is 1.84. The molecule has 0 aliphatic heterocycles. The maximum atomic E-state index is 12.1. The van der Waals surface area contributed by atoms with Gasteiger partial charge in [0.15, 0.2) is 0 Å². The van der Waals surface area contributed by atoms with E-state index >= 15 is 0 Å². The van der Waals surface area contributed by atoms with Gasteiger partial charge in [-0.1, -0.05) is 43.1 Å². The number of hydrogen-bond acceptors (Lipinski definition) is 2. The maximum absolute atomic E-state index is 12.1. The van der Waals surface area contributed by atoms with Gasteiger partial charge >= 0.3 is 0 Å². The average molecular weight is 331 g/mol. The molecule has 1 aromatic carbocycles. The van der Waals surface area contributed by atoms with Crippen molar-refractivity contribution in [3.63, 3.8) is 0 Å². The van der Waals surface area contributed by atoms with Crippen LogP contribution in [-0.4, -0.2) is 23.9 Å². The second-order valence-electron chi connectivity index (χ2n) is 4.82. The first-order valence-electron chi connectivity index (χ1n) is 6.95. The molecule has 2 amide bonds. The van der Waals surface area contributed by atoms with Crippen molar-refractivity contribution in [1.82, 2.24) is 10.6 Å². The van der Waals surface area contributed by atoms with Crippen LogP contribution in [0.1, 0.15) is 44.0 Å². The molecule has 0 radical (unpaired) electrons. The molecular weight excluding hydrogens is 311 g/mol. The van der Waals surface area contributed by atoms with Crippen molar-refractivity contribution in [2.24, 2.45) is 0 Å². The van der Waals surface area contributed by atoms with Gasteiger partial charge in [0.2, 0.25) is 5.91 Å². The number of benzene rings is 1. The van der Waals surface area contributed by atoms with E-state index < -0.39 is 11.9 Å². The predicted octanol–water partition coefficient (Wildman–Crippen LogP) is 3.42. The molecule has 1 unspecified atom stereocenters. The zero-order chi connectivity index (χ0) is 16.0. The smallest absolute Gasteiger partial charge is 0.253 e. The highest BCUT2D eigenvalue weighted by Gasteiger charge is 2.20. The monoisotopic (exact) mass is 330 g/mol. The number of nitrogens with one attached hydrogen (secondary N) is 2. The lowest BCUT2D eigenvalue weighted by molar-refractivity contribution is -0.123. The normalized spacial score (nSPS) is 12.1. The van der Waals surface area contributed by atoms with Crippen LogP contribution in [0.15, 0.2) is 18.2 Å². The maximum Gasteiger partial charge on any atom is 0.253 e. The lowest BCUT2D eigenvalue weighted by atomic mass is 10.1. The molecule has 21 heavy (non-hydrogen) atoms. The highest BCUT2D eigenvalue weighted by Crippen LogP contribution is 2.25. The summed E-state index contributed by atoms with van der Waals surface area (Å²) in [5, 5.41) is 6.00. The Morgan fingerprint density at radius 2 is 1.76 bits per heavy atom. The van der Waals surface area contributed by atoms with Crippen LogP contribution < -0.4 is 10.6 Å². The summed E-state index contributed by atoms with van der Waals surface area (Å²) >= 11 is 11.9. The van der Waals surface area contributed by atoms with Gasteiger partial charge in [-0.2, -0.15) is 0 Å². The molecule has 0 spiro atoms. The van der Waals surface area contributed by atoms with E-state index in [4.69, 9.17) is 23.2 Å². The van der Waals surface area contributed by atoms with Crippen molar-refractivity contribution in [1.29, 1.82) is 0 Å². The molecule has 116 valence electrons. The summed E-state index contributed by atoms with van der Waals surface area (Å²) in [4.78, 5) is 24.1. The second-order valence-corrected chi connectivity index (χ2v) is 5.60. The first-order chi connectivity index (χ1) is 9.90. The van der Waals surface area contributed by atoms with Crippen LogP contribution in [0.3, 0.4) is 0 Å². The first-order valence-corrected chi connectivity index (χ1v) is 7.71. The Morgan fingerprint density at radius 1 is 1.14 bits per heavy atom. The number of hydrogen-bond donors (Lipinski definition) is 2. The third-order valence-corrected chi connectivity index (χ3v) is 4.09. The summed E-state index contributed by atoms with van der Waals surface area (Å²) in [5.74, 6) is -0.634. The second kappa shape index (κ2) is 8.25. The summed E-state index contributed by atoms with van der Waals surface area (Å²) in [6.07, 6.45) is 1.70. The van der Waals surface area contributed by atoms with E-state index in [9.17, 15) is 9.59 Å². The molecule has 0 aliphatic rings. The summed E-state index contributed by atoms with van der Waals surface area (Å²) in [7, 11) is 0. The molecular formula is C15H20Cl2N2O2. The predicted molar refractivity (Wildman–Crippen MR) is 85.9 cm³/mol. The zero-order valence-corrected chi connectivity index (χ0v) is 13.9. The molecule has 0 bridgehead atoms. The van der Waals surface area contributed by atoms with Crippen molar-refractivity contribution >= 4 is 35.0 Å². The van der Waals surface area contributed by atoms with Crippen molar-refractivity contribution < 1.29 is 9.59 Å². The van der Waals surface area contributed by atoms with Gasteiger partial charge < -0.3 is 10.6 Å². The summed E-state index contributed by atoms with van der Waals surface area (Å²) in [6, 6.07) is 4.27. The number of amides is 2. The Kier molecular flexibility index (Phi) is 6.99. The molecule has 0 saturated carbocycles. The Labute approximate surface area is 135 Å². The highest BCUT2D eigenvalue weighted by molar-refractivity contribution is 6.43. The van der Waals surface area contributed by atoms with Crippen molar-refractivity contribution in [2.75, 3.05) is 0 Å². The standard InChI is InChI=1S/C15H20Cl2N2O2/c1-4-10(5-2)19-14(20)9(3)18-15(21)11-7-6-8-12(16)13(11)17/h6-10H,4-5H2,1-3H3,(H,18,21)(H,19,20). The van der Waals surface area contributed by atoms with Crippen LogP contribution >= 0.6 is 23.2 Å². The molecule has 0 aliphatic carbocycles. The molecule has 0 heterocycles. The molecule has 1 atom stereocenters. The fraction of sp³-hybridized carbons (Fsp3) is 0.467. The van der Waals surface area contributed by atoms with Gasteiger partial charge in [0.05, 0.1) is 15.6 Å². The van der Waals surface area contributed by atoms with E-state index in [1.807, 2.05) is 13.8 Å². The quantitative estimate of drug-likeness (QED) is 0.839. The molecule has 4 nitrogen and oxygen atoms in total. The number of halogens is 2. The van der Waals surface area contributed by atoms with E-state index in [2.05, 4.69) is 10.6 Å². The molecule has 0 fully saturated rings. The lowest BCUT2D eigenvalue weighted by Crippen LogP contribution is -2.47. The summed E-state index contributed by atoms with van der Waals surface area (Å²) in [5.41, 5.74) is 0.256. The largest absolute Gasteiger partial charge is 0.352 e. The molecule has 0 aromatic heterocycles. The van der Waals surface area contributed by atoms with Gasteiger partial charge in [0.1, 0.15) is 6.04 Å². The van der Waals surface area contributed by atoms with Gasteiger partial charge in [-0.3, -0.25) is 9.59 Å². The third-order valence-electron chi connectivity index (χ3n) is 3.27. The minimum absolute atomic E-state index is 0.117. The van der Waals surface area contributed by atoms with Crippen LogP contribution in [0.2, 0.25) is 10.0 Å². The highest BCUT2D eigenvalue weighted by atomic mass is 35.5. The van der Waals surface area contributed by atoms with Crippen molar-refractivity contribution in [3.05, 3.63) is 33.8 Å². The van der Waals surface area contributed by atoms with E-state index in [1.165, 1.54) is 0 Å². The van der Waals surface area contributed by atoms with Gasteiger partial charge in [-0.15, -0.1) is 0 Å². The molecule has 1 aromatic rings. The van der Waals surface area contributed by atoms with Crippen LogP contribution in [0.4, 0.5) is 0 Å². The van der Waals surface area contributed by atoms with E-state index in [0.29, 0.717) is 5.02 Å². The molecule has 6 heteroatoms. The Bertz CT molecular complexity index is 516. The minimum Gasteiger partial charge on any atom is -0.352 e. The van der Waals surface area contributed by atoms with Crippen LogP contribution in [0, 0.1) is 0 Å². The van der Waals surface area contributed by atoms with Crippen LogP contribution in [0.5, 0.6) is 0 Å². The minimum atomic E-state index is -0.645. The first kappa shape index (κ1) is 17.8. The number of carbonyl (C=O) groups is 2. The van der Waals surface area contributed by atoms with E-state index in [0.717, 1.165) is 12.8 Å². The Hall–Kier alpha value is -1.26. The van der Waals surface area contributed by atoms with Gasteiger partial charge in [-0.05, 0) is 31.9 Å². The zero-order valence-electron chi connectivity index (χ0n) is 12.4. The molecule has 1 rings (SSSR count). The number of rotatable bonds is 6. The summed E-state index contributed by atoms with van der Waals surface area (Å²) in [6.45, 7) is 5.64. The van der Waals surface area contributed by atoms with Crippen molar-refractivity contribution in [2.45, 2.75) is 45.7 Å². The molecule has 0 saturated heterocycles. The van der Waals surface area contributed by atoms with Gasteiger partial charge in [0.25, 0.3) is 5.91 Å².